The van der Waals surface area contributed by atoms with Crippen LogP contribution in [0.15, 0.2) is 24.3 Å². The average molecular weight is 298 g/mol. The van der Waals surface area contributed by atoms with E-state index in [1.807, 2.05) is 0 Å². The number of nitrogens with one attached hydrogen (secondary N) is 1. The Morgan fingerprint density at radius 1 is 1.18 bits per heavy atom. The molecule has 1 aromatic heterocycles. The van der Waals surface area contributed by atoms with E-state index in [0.29, 0.717) is 6.04 Å². The number of pyridine rings is 1. The molecule has 3 nitrogen and oxygen atoms in total. The van der Waals surface area contributed by atoms with E-state index in [1.54, 1.807) is 0 Å². The highest BCUT2D eigenvalue weighted by Crippen LogP contribution is 2.33. The standard InChI is InChI=1S/C19H26N2O/c1-13-12-16(19(2,3)4)15-6-5-7-17(18(15)20-13)21-14-8-10-22-11-9-14/h5-7,12,14,21H,8-11H2,1-4H3. The predicted octanol–water partition coefficient (Wildman–Crippen LogP) is 4.43. The summed E-state index contributed by atoms with van der Waals surface area (Å²) in [5.74, 6) is 0. The van der Waals surface area contributed by atoms with Crippen LogP contribution in [0.2, 0.25) is 0 Å². The largest absolute Gasteiger partial charge is 0.381 e. The molecular formula is C19H26N2O. The molecule has 0 bridgehead atoms. The molecule has 1 aliphatic rings. The number of fused-ring (bicyclic) bond motifs is 1. The van der Waals surface area contributed by atoms with Gasteiger partial charge in [-0.2, -0.15) is 0 Å². The molecule has 0 unspecified atom stereocenters. The molecule has 1 N–H and O–H groups in total. The van der Waals surface area contributed by atoms with Crippen molar-refractivity contribution in [3.05, 3.63) is 35.5 Å². The SMILES string of the molecule is Cc1cc(C(C)(C)C)c2cccc(NC3CCOCC3)c2n1. The summed E-state index contributed by atoms with van der Waals surface area (Å²) in [6, 6.07) is 9.19. The summed E-state index contributed by atoms with van der Waals surface area (Å²) in [4.78, 5) is 4.82. The van der Waals surface area contributed by atoms with Gasteiger partial charge in [-0.3, -0.25) is 4.98 Å². The van der Waals surface area contributed by atoms with Crippen molar-refractivity contribution in [2.45, 2.75) is 52.0 Å². The van der Waals surface area contributed by atoms with Gasteiger partial charge in [0.1, 0.15) is 0 Å². The average Bonchev–Trinajstić information content (AvgIpc) is 2.47. The Hall–Kier alpha value is -1.61. The molecule has 1 aliphatic heterocycles. The maximum absolute atomic E-state index is 5.45. The summed E-state index contributed by atoms with van der Waals surface area (Å²) in [5.41, 5.74) is 4.81. The summed E-state index contributed by atoms with van der Waals surface area (Å²) in [6.07, 6.45) is 2.13. The first-order chi connectivity index (χ1) is 10.4. The number of rotatable bonds is 2. The zero-order valence-corrected chi connectivity index (χ0v) is 14.1. The Morgan fingerprint density at radius 2 is 1.91 bits per heavy atom. The lowest BCUT2D eigenvalue weighted by molar-refractivity contribution is 0.0905. The minimum Gasteiger partial charge on any atom is -0.381 e. The summed E-state index contributed by atoms with van der Waals surface area (Å²) in [7, 11) is 0. The fourth-order valence-electron chi connectivity index (χ4n) is 3.18. The van der Waals surface area contributed by atoms with Crippen LogP contribution in [0.4, 0.5) is 5.69 Å². The number of hydrogen-bond donors (Lipinski definition) is 1. The van der Waals surface area contributed by atoms with E-state index in [2.05, 4.69) is 57.3 Å². The van der Waals surface area contributed by atoms with Crippen molar-refractivity contribution < 1.29 is 4.74 Å². The van der Waals surface area contributed by atoms with Gasteiger partial charge in [-0.25, -0.2) is 0 Å². The van der Waals surface area contributed by atoms with Gasteiger partial charge in [0.15, 0.2) is 0 Å². The minimum absolute atomic E-state index is 0.114. The normalized spacial score (nSPS) is 16.9. The molecule has 1 saturated heterocycles. The summed E-state index contributed by atoms with van der Waals surface area (Å²) in [5, 5.41) is 4.95. The lowest BCUT2D eigenvalue weighted by Gasteiger charge is -2.26. The van der Waals surface area contributed by atoms with Crippen molar-refractivity contribution in [3.8, 4) is 0 Å². The molecule has 2 aromatic rings. The minimum atomic E-state index is 0.114. The topological polar surface area (TPSA) is 34.1 Å². The molecule has 0 spiro atoms. The number of aromatic nitrogens is 1. The molecule has 0 radical (unpaired) electrons. The monoisotopic (exact) mass is 298 g/mol. The molecule has 0 amide bonds. The van der Waals surface area contributed by atoms with Crippen molar-refractivity contribution in [2.24, 2.45) is 0 Å². The fraction of sp³-hybridized carbons (Fsp3) is 0.526. The van der Waals surface area contributed by atoms with E-state index in [9.17, 15) is 0 Å². The Balaban J connectivity index is 2.06. The van der Waals surface area contributed by atoms with Crippen molar-refractivity contribution in [3.63, 3.8) is 0 Å². The molecule has 3 rings (SSSR count). The molecule has 2 heterocycles. The fourth-order valence-corrected chi connectivity index (χ4v) is 3.18. The lowest BCUT2D eigenvalue weighted by atomic mass is 9.84. The third-order valence-corrected chi connectivity index (χ3v) is 4.36. The van der Waals surface area contributed by atoms with Gasteiger partial charge in [0.05, 0.1) is 11.2 Å². The molecule has 1 fully saturated rings. The third kappa shape index (κ3) is 3.09. The van der Waals surface area contributed by atoms with Crippen LogP contribution < -0.4 is 5.32 Å². The summed E-state index contributed by atoms with van der Waals surface area (Å²) >= 11 is 0. The van der Waals surface area contributed by atoms with Crippen LogP contribution in [0, 0.1) is 6.92 Å². The molecule has 118 valence electrons. The first kappa shape index (κ1) is 15.3. The Morgan fingerprint density at radius 3 is 2.59 bits per heavy atom. The van der Waals surface area contributed by atoms with E-state index >= 15 is 0 Å². The number of nitrogens with zero attached hydrogens (tertiary/aromatic N) is 1. The van der Waals surface area contributed by atoms with E-state index in [4.69, 9.17) is 9.72 Å². The van der Waals surface area contributed by atoms with Crippen molar-refractivity contribution in [1.29, 1.82) is 0 Å². The van der Waals surface area contributed by atoms with Gasteiger partial charge >= 0.3 is 0 Å². The predicted molar refractivity (Wildman–Crippen MR) is 92.6 cm³/mol. The lowest BCUT2D eigenvalue weighted by Crippen LogP contribution is -2.28. The molecular weight excluding hydrogens is 272 g/mol. The first-order valence-corrected chi connectivity index (χ1v) is 8.20. The quantitative estimate of drug-likeness (QED) is 0.890. The van der Waals surface area contributed by atoms with Gasteiger partial charge < -0.3 is 10.1 Å². The van der Waals surface area contributed by atoms with Crippen LogP contribution in [-0.4, -0.2) is 24.2 Å². The second-order valence-corrected chi connectivity index (χ2v) is 7.29. The van der Waals surface area contributed by atoms with Crippen LogP contribution in [0.5, 0.6) is 0 Å². The molecule has 3 heteroatoms. The highest BCUT2D eigenvalue weighted by molar-refractivity contribution is 5.93. The first-order valence-electron chi connectivity index (χ1n) is 8.20. The zero-order chi connectivity index (χ0) is 15.7. The second-order valence-electron chi connectivity index (χ2n) is 7.29. The van der Waals surface area contributed by atoms with Crippen LogP contribution in [0.25, 0.3) is 10.9 Å². The number of hydrogen-bond acceptors (Lipinski definition) is 3. The summed E-state index contributed by atoms with van der Waals surface area (Å²) < 4.78 is 5.45. The Bertz CT molecular complexity index is 667. The maximum atomic E-state index is 5.45. The highest BCUT2D eigenvalue weighted by atomic mass is 16.5. The van der Waals surface area contributed by atoms with Crippen molar-refractivity contribution in [2.75, 3.05) is 18.5 Å². The molecule has 22 heavy (non-hydrogen) atoms. The van der Waals surface area contributed by atoms with E-state index in [-0.39, 0.29) is 5.41 Å². The van der Waals surface area contributed by atoms with E-state index < -0.39 is 0 Å². The van der Waals surface area contributed by atoms with Crippen LogP contribution in [0.3, 0.4) is 0 Å². The van der Waals surface area contributed by atoms with Crippen LogP contribution in [0.1, 0.15) is 44.9 Å². The Kier molecular flexibility index (Phi) is 4.09. The van der Waals surface area contributed by atoms with Gasteiger partial charge in [0, 0.05) is 30.3 Å². The van der Waals surface area contributed by atoms with Gasteiger partial charge in [-0.1, -0.05) is 32.9 Å². The highest BCUT2D eigenvalue weighted by Gasteiger charge is 2.20. The van der Waals surface area contributed by atoms with Crippen LogP contribution in [-0.2, 0) is 10.2 Å². The number of ether oxygens (including phenoxy) is 1. The molecule has 1 aromatic carbocycles. The smallest absolute Gasteiger partial charge is 0.0939 e. The molecule has 0 atom stereocenters. The van der Waals surface area contributed by atoms with Gasteiger partial charge in [-0.15, -0.1) is 0 Å². The van der Waals surface area contributed by atoms with Crippen LogP contribution >= 0.6 is 0 Å². The van der Waals surface area contributed by atoms with Crippen molar-refractivity contribution in [1.82, 2.24) is 4.98 Å². The number of aryl methyl sites for hydroxylation is 1. The summed E-state index contributed by atoms with van der Waals surface area (Å²) in [6.45, 7) is 10.6. The molecule has 0 aliphatic carbocycles. The van der Waals surface area contributed by atoms with Gasteiger partial charge in [-0.05, 0) is 42.9 Å². The van der Waals surface area contributed by atoms with E-state index in [1.165, 1.54) is 10.9 Å². The van der Waals surface area contributed by atoms with E-state index in [0.717, 1.165) is 43.0 Å². The third-order valence-electron chi connectivity index (χ3n) is 4.36. The number of anilines is 1. The Labute approximate surface area is 133 Å². The molecule has 0 saturated carbocycles. The van der Waals surface area contributed by atoms with Gasteiger partial charge in [0.2, 0.25) is 0 Å². The number of para-hydroxylation sites is 1. The maximum Gasteiger partial charge on any atom is 0.0939 e. The van der Waals surface area contributed by atoms with Gasteiger partial charge in [0.25, 0.3) is 0 Å². The number of benzene rings is 1. The van der Waals surface area contributed by atoms with Crippen molar-refractivity contribution >= 4 is 16.6 Å². The zero-order valence-electron chi connectivity index (χ0n) is 14.1. The second kappa shape index (κ2) is 5.88.